The highest BCUT2D eigenvalue weighted by Gasteiger charge is 2.30. The van der Waals surface area contributed by atoms with Crippen LogP contribution in [0.2, 0.25) is 0 Å². The number of anilines is 1. The zero-order valence-corrected chi connectivity index (χ0v) is 10.3. The van der Waals surface area contributed by atoms with Crippen LogP contribution in [0, 0.1) is 5.41 Å². The molecule has 90 valence electrons. The third-order valence-corrected chi connectivity index (χ3v) is 3.58. The molecule has 17 heavy (non-hydrogen) atoms. The summed E-state index contributed by atoms with van der Waals surface area (Å²) in [5.74, 6) is 0.959. The molecule has 2 heterocycles. The topological polar surface area (TPSA) is 42.2 Å². The van der Waals surface area contributed by atoms with E-state index in [1.165, 1.54) is 19.3 Å². The molecule has 1 saturated carbocycles. The molecule has 1 atom stereocenters. The number of hydrogen-bond donors (Lipinski definition) is 1. The number of aromatic nitrogens is 3. The van der Waals surface area contributed by atoms with Crippen molar-refractivity contribution in [3.05, 3.63) is 24.5 Å². The molecule has 1 aliphatic rings. The Labute approximate surface area is 101 Å². The third kappa shape index (κ3) is 2.12. The maximum absolute atomic E-state index is 4.54. The fourth-order valence-corrected chi connectivity index (χ4v) is 2.66. The van der Waals surface area contributed by atoms with Crippen molar-refractivity contribution in [2.24, 2.45) is 5.41 Å². The van der Waals surface area contributed by atoms with Crippen LogP contribution in [-0.4, -0.2) is 20.6 Å². The molecule has 1 fully saturated rings. The van der Waals surface area contributed by atoms with E-state index < -0.39 is 0 Å². The van der Waals surface area contributed by atoms with E-state index in [0.717, 1.165) is 11.5 Å². The molecule has 1 N–H and O–H groups in total. The van der Waals surface area contributed by atoms with Crippen molar-refractivity contribution in [3.8, 4) is 0 Å². The first kappa shape index (κ1) is 10.6. The van der Waals surface area contributed by atoms with Crippen LogP contribution < -0.4 is 5.32 Å². The van der Waals surface area contributed by atoms with Gasteiger partial charge in [0.05, 0.1) is 6.20 Å². The summed E-state index contributed by atoms with van der Waals surface area (Å²) in [7, 11) is 0. The molecule has 0 amide bonds. The molecule has 2 aromatic rings. The van der Waals surface area contributed by atoms with E-state index in [4.69, 9.17) is 0 Å². The quantitative estimate of drug-likeness (QED) is 0.862. The summed E-state index contributed by atoms with van der Waals surface area (Å²) >= 11 is 0. The molecule has 0 bridgehead atoms. The molecule has 0 saturated heterocycles. The van der Waals surface area contributed by atoms with Gasteiger partial charge in [-0.15, -0.1) is 0 Å². The van der Waals surface area contributed by atoms with Crippen molar-refractivity contribution in [2.45, 2.75) is 39.2 Å². The lowest BCUT2D eigenvalue weighted by Gasteiger charge is -2.18. The van der Waals surface area contributed by atoms with Gasteiger partial charge in [0.2, 0.25) is 0 Å². The fourth-order valence-electron chi connectivity index (χ4n) is 2.66. The molecule has 0 radical (unpaired) electrons. The van der Waals surface area contributed by atoms with E-state index in [0.29, 0.717) is 11.5 Å². The minimum atomic E-state index is 0.471. The highest BCUT2D eigenvalue weighted by molar-refractivity contribution is 5.46. The first-order valence-electron chi connectivity index (χ1n) is 6.19. The van der Waals surface area contributed by atoms with E-state index in [-0.39, 0.29) is 0 Å². The summed E-state index contributed by atoms with van der Waals surface area (Å²) in [4.78, 5) is 4.54. The van der Waals surface area contributed by atoms with Crippen molar-refractivity contribution < 1.29 is 0 Å². The van der Waals surface area contributed by atoms with E-state index in [1.807, 2.05) is 18.3 Å². The molecule has 1 aliphatic carbocycles. The Kier molecular flexibility index (Phi) is 2.31. The van der Waals surface area contributed by atoms with Crippen LogP contribution in [0.4, 0.5) is 5.82 Å². The largest absolute Gasteiger partial charge is 0.367 e. The minimum Gasteiger partial charge on any atom is -0.367 e. The number of nitrogens with one attached hydrogen (secondary N) is 1. The van der Waals surface area contributed by atoms with Crippen molar-refractivity contribution in [1.82, 2.24) is 14.6 Å². The van der Waals surface area contributed by atoms with Crippen LogP contribution in [0.3, 0.4) is 0 Å². The van der Waals surface area contributed by atoms with Gasteiger partial charge >= 0.3 is 0 Å². The summed E-state index contributed by atoms with van der Waals surface area (Å²) in [5, 5.41) is 7.67. The zero-order valence-electron chi connectivity index (χ0n) is 10.3. The third-order valence-electron chi connectivity index (χ3n) is 3.58. The Morgan fingerprint density at radius 1 is 1.41 bits per heavy atom. The monoisotopic (exact) mass is 230 g/mol. The maximum atomic E-state index is 4.54. The second-order valence-electron chi connectivity index (χ2n) is 5.70. The molecule has 3 rings (SSSR count). The van der Waals surface area contributed by atoms with Crippen LogP contribution in [0.1, 0.15) is 33.1 Å². The fraction of sp³-hybridized carbons (Fsp3) is 0.538. The van der Waals surface area contributed by atoms with E-state index in [2.05, 4.69) is 29.2 Å². The molecule has 0 spiro atoms. The summed E-state index contributed by atoms with van der Waals surface area (Å²) in [6, 6.07) is 4.47. The van der Waals surface area contributed by atoms with Gasteiger partial charge < -0.3 is 5.32 Å². The Balaban J connectivity index is 1.76. The molecule has 2 aromatic heterocycles. The average molecular weight is 230 g/mol. The van der Waals surface area contributed by atoms with Gasteiger partial charge in [0.15, 0.2) is 5.65 Å². The predicted molar refractivity (Wildman–Crippen MR) is 68.0 cm³/mol. The van der Waals surface area contributed by atoms with Gasteiger partial charge in [-0.2, -0.15) is 5.10 Å². The van der Waals surface area contributed by atoms with Gasteiger partial charge in [0.1, 0.15) is 5.82 Å². The summed E-state index contributed by atoms with van der Waals surface area (Å²) in [6.07, 6.45) is 7.47. The van der Waals surface area contributed by atoms with Crippen molar-refractivity contribution in [1.29, 1.82) is 0 Å². The number of rotatable bonds is 2. The van der Waals surface area contributed by atoms with Crippen LogP contribution >= 0.6 is 0 Å². The lowest BCUT2D eigenvalue weighted by atomic mass is 9.92. The lowest BCUT2D eigenvalue weighted by molar-refractivity contribution is 0.378. The van der Waals surface area contributed by atoms with Crippen LogP contribution in [0.15, 0.2) is 24.5 Å². The minimum absolute atomic E-state index is 0.471. The predicted octanol–water partition coefficient (Wildman–Crippen LogP) is 2.72. The van der Waals surface area contributed by atoms with Crippen LogP contribution in [0.25, 0.3) is 5.65 Å². The summed E-state index contributed by atoms with van der Waals surface area (Å²) in [6.45, 7) is 4.67. The van der Waals surface area contributed by atoms with Crippen molar-refractivity contribution >= 4 is 11.5 Å². The second kappa shape index (κ2) is 3.72. The molecule has 4 nitrogen and oxygen atoms in total. The van der Waals surface area contributed by atoms with E-state index >= 15 is 0 Å². The second-order valence-corrected chi connectivity index (χ2v) is 5.70. The van der Waals surface area contributed by atoms with Gasteiger partial charge in [-0.25, -0.2) is 9.50 Å². The summed E-state index contributed by atoms with van der Waals surface area (Å²) < 4.78 is 1.78. The van der Waals surface area contributed by atoms with Gasteiger partial charge in [0.25, 0.3) is 0 Å². The maximum Gasteiger partial charge on any atom is 0.157 e. The highest BCUT2D eigenvalue weighted by atomic mass is 15.2. The van der Waals surface area contributed by atoms with Gasteiger partial charge in [0, 0.05) is 18.3 Å². The van der Waals surface area contributed by atoms with Crippen molar-refractivity contribution in [2.75, 3.05) is 5.32 Å². The Bertz CT molecular complexity index is 529. The molecule has 0 aliphatic heterocycles. The Morgan fingerprint density at radius 3 is 3.06 bits per heavy atom. The molecule has 1 unspecified atom stereocenters. The first-order chi connectivity index (χ1) is 8.12. The van der Waals surface area contributed by atoms with Crippen LogP contribution in [-0.2, 0) is 0 Å². The van der Waals surface area contributed by atoms with Gasteiger partial charge in [-0.1, -0.05) is 13.8 Å². The summed E-state index contributed by atoms with van der Waals surface area (Å²) in [5.41, 5.74) is 1.37. The van der Waals surface area contributed by atoms with Crippen molar-refractivity contribution in [3.63, 3.8) is 0 Å². The molecular formula is C13H18N4. The van der Waals surface area contributed by atoms with Gasteiger partial charge in [-0.05, 0) is 30.7 Å². The average Bonchev–Trinajstić information content (AvgIpc) is 2.84. The lowest BCUT2D eigenvalue weighted by Crippen LogP contribution is -2.18. The zero-order chi connectivity index (χ0) is 11.9. The van der Waals surface area contributed by atoms with E-state index in [9.17, 15) is 0 Å². The van der Waals surface area contributed by atoms with Crippen LogP contribution in [0.5, 0.6) is 0 Å². The van der Waals surface area contributed by atoms with E-state index in [1.54, 1.807) is 10.7 Å². The first-order valence-corrected chi connectivity index (χ1v) is 6.19. The SMILES string of the molecule is CC1(C)CCC(Nc2ccn3nccc3n2)C1. The Morgan fingerprint density at radius 2 is 2.29 bits per heavy atom. The molecule has 0 aromatic carbocycles. The normalized spacial score (nSPS) is 23.1. The smallest absolute Gasteiger partial charge is 0.157 e. The molecule has 4 heteroatoms. The standard InChI is InChI=1S/C13H18N4/c1-13(2)6-3-10(9-13)15-11-5-8-17-12(16-11)4-7-14-17/h4-5,7-8,10H,3,6,9H2,1-2H3,(H,15,16). The highest BCUT2D eigenvalue weighted by Crippen LogP contribution is 2.38. The van der Waals surface area contributed by atoms with Gasteiger partial charge in [-0.3, -0.25) is 0 Å². The molecular weight excluding hydrogens is 212 g/mol. The Hall–Kier alpha value is -1.58. The number of nitrogens with zero attached hydrogens (tertiary/aromatic N) is 3. The number of fused-ring (bicyclic) bond motifs is 1. The number of hydrogen-bond acceptors (Lipinski definition) is 3.